The summed E-state index contributed by atoms with van der Waals surface area (Å²) in [5.74, 6) is 2.56. The molecule has 4 heteroatoms. The van der Waals surface area contributed by atoms with Crippen LogP contribution >= 0.6 is 11.8 Å². The molecule has 2 saturated heterocycles. The molecule has 3 aliphatic rings. The zero-order valence-corrected chi connectivity index (χ0v) is 10.7. The summed E-state index contributed by atoms with van der Waals surface area (Å²) in [6.45, 7) is 1.21. The number of hydrogen-bond donors (Lipinski definition) is 0. The van der Waals surface area contributed by atoms with E-state index < -0.39 is 0 Å². The topological polar surface area (TPSA) is 29.0 Å². The average Bonchev–Trinajstić information content (AvgIpc) is 3.00. The summed E-state index contributed by atoms with van der Waals surface area (Å²) in [6, 6.07) is 0.742. The lowest BCUT2D eigenvalue weighted by Gasteiger charge is -2.31. The van der Waals surface area contributed by atoms with E-state index in [0.29, 0.717) is 0 Å². The first-order valence-electron chi connectivity index (χ1n) is 6.63. The van der Waals surface area contributed by atoms with Crippen molar-refractivity contribution in [3.05, 3.63) is 17.6 Å². The van der Waals surface area contributed by atoms with Crippen LogP contribution in [0.4, 0.5) is 5.82 Å². The second-order valence-electron chi connectivity index (χ2n) is 5.33. The molecule has 1 aromatic heterocycles. The largest absolute Gasteiger partial charge is 0.351 e. The Morgan fingerprint density at radius 3 is 3.00 bits per heavy atom. The number of aryl methyl sites for hydroxylation is 1. The lowest BCUT2D eigenvalue weighted by atomic mass is 9.96. The van der Waals surface area contributed by atoms with Gasteiger partial charge in [0.1, 0.15) is 12.1 Å². The monoisotopic (exact) mass is 247 g/mol. The third-order valence-corrected chi connectivity index (χ3v) is 5.66. The van der Waals surface area contributed by atoms with Crippen LogP contribution in [-0.2, 0) is 12.8 Å². The van der Waals surface area contributed by atoms with Gasteiger partial charge in [-0.25, -0.2) is 9.97 Å². The summed E-state index contributed by atoms with van der Waals surface area (Å²) in [5.41, 5.74) is 2.77. The minimum atomic E-state index is 0.742. The molecule has 0 unspecified atom stereocenters. The molecule has 3 heterocycles. The molecule has 1 aromatic rings. The van der Waals surface area contributed by atoms with Gasteiger partial charge in [0.15, 0.2) is 0 Å². The van der Waals surface area contributed by atoms with Gasteiger partial charge >= 0.3 is 0 Å². The van der Waals surface area contributed by atoms with Gasteiger partial charge in [0, 0.05) is 34.8 Å². The Kier molecular flexibility index (Phi) is 2.32. The Balaban J connectivity index is 1.73. The molecule has 0 radical (unpaired) electrons. The second-order valence-corrected chi connectivity index (χ2v) is 6.66. The lowest BCUT2D eigenvalue weighted by Crippen LogP contribution is -2.35. The van der Waals surface area contributed by atoms with Gasteiger partial charge in [-0.3, -0.25) is 0 Å². The number of nitrogens with zero attached hydrogens (tertiary/aromatic N) is 3. The molecule has 0 aromatic carbocycles. The van der Waals surface area contributed by atoms with Crippen LogP contribution in [0, 0.1) is 0 Å². The third-order valence-electron chi connectivity index (χ3n) is 4.27. The summed E-state index contributed by atoms with van der Waals surface area (Å²) < 4.78 is 0. The van der Waals surface area contributed by atoms with Crippen molar-refractivity contribution in [3.63, 3.8) is 0 Å². The minimum absolute atomic E-state index is 0.742. The van der Waals surface area contributed by atoms with Gasteiger partial charge in [0.25, 0.3) is 0 Å². The second kappa shape index (κ2) is 3.87. The smallest absolute Gasteiger partial charge is 0.135 e. The Labute approximate surface area is 106 Å². The van der Waals surface area contributed by atoms with Gasteiger partial charge in [-0.2, -0.15) is 11.8 Å². The van der Waals surface area contributed by atoms with Crippen LogP contribution < -0.4 is 4.90 Å². The molecule has 2 bridgehead atoms. The molecule has 17 heavy (non-hydrogen) atoms. The van der Waals surface area contributed by atoms with Crippen LogP contribution in [0.25, 0.3) is 0 Å². The highest BCUT2D eigenvalue weighted by molar-refractivity contribution is 8.00. The van der Waals surface area contributed by atoms with Gasteiger partial charge in [-0.05, 0) is 32.1 Å². The first-order chi connectivity index (χ1) is 8.42. The Hall–Kier alpha value is -0.770. The van der Waals surface area contributed by atoms with Crippen molar-refractivity contribution >= 4 is 17.6 Å². The van der Waals surface area contributed by atoms with Crippen molar-refractivity contribution in [2.24, 2.45) is 0 Å². The normalized spacial score (nSPS) is 30.7. The molecular weight excluding hydrogens is 230 g/mol. The minimum Gasteiger partial charge on any atom is -0.351 e. The Morgan fingerprint density at radius 2 is 2.18 bits per heavy atom. The fourth-order valence-corrected chi connectivity index (χ4v) is 4.85. The van der Waals surface area contributed by atoms with Gasteiger partial charge in [0.2, 0.25) is 0 Å². The van der Waals surface area contributed by atoms with E-state index in [1.807, 2.05) is 0 Å². The first-order valence-corrected chi connectivity index (χ1v) is 7.67. The van der Waals surface area contributed by atoms with Crippen LogP contribution in [0.1, 0.15) is 30.5 Å². The number of aromatic nitrogens is 2. The molecule has 0 amide bonds. The van der Waals surface area contributed by atoms with Crippen LogP contribution in [0.15, 0.2) is 6.33 Å². The van der Waals surface area contributed by atoms with E-state index >= 15 is 0 Å². The molecular formula is C13H17N3S. The van der Waals surface area contributed by atoms with Crippen molar-refractivity contribution in [1.29, 1.82) is 0 Å². The van der Waals surface area contributed by atoms with Gasteiger partial charge in [0.05, 0.1) is 0 Å². The van der Waals surface area contributed by atoms with Crippen LogP contribution in [0.5, 0.6) is 0 Å². The molecule has 2 atom stereocenters. The first kappa shape index (κ1) is 10.2. The van der Waals surface area contributed by atoms with E-state index in [2.05, 4.69) is 26.6 Å². The Morgan fingerprint density at radius 1 is 1.24 bits per heavy atom. The molecule has 2 aliphatic heterocycles. The molecule has 2 fully saturated rings. The average molecular weight is 247 g/mol. The molecule has 1 aliphatic carbocycles. The van der Waals surface area contributed by atoms with Gasteiger partial charge < -0.3 is 4.90 Å². The van der Waals surface area contributed by atoms with Crippen LogP contribution in [-0.4, -0.2) is 33.6 Å². The highest BCUT2D eigenvalue weighted by Gasteiger charge is 2.40. The molecule has 0 spiro atoms. The predicted molar refractivity (Wildman–Crippen MR) is 70.7 cm³/mol. The van der Waals surface area contributed by atoms with Gasteiger partial charge in [-0.1, -0.05) is 0 Å². The standard InChI is InChI=1S/C13H17N3S/c1-2-4-12-11(3-1)13(15-8-14-12)16-6-10-5-9(16)7-17-10/h8-10H,1-7H2/t9-,10+/m0/s1. The summed E-state index contributed by atoms with van der Waals surface area (Å²) >= 11 is 2.14. The van der Waals surface area contributed by atoms with Crippen LogP contribution in [0.2, 0.25) is 0 Å². The summed E-state index contributed by atoms with van der Waals surface area (Å²) in [4.78, 5) is 11.6. The van der Waals surface area contributed by atoms with E-state index in [-0.39, 0.29) is 0 Å². The van der Waals surface area contributed by atoms with Gasteiger partial charge in [-0.15, -0.1) is 0 Å². The maximum Gasteiger partial charge on any atom is 0.135 e. The number of rotatable bonds is 1. The zero-order chi connectivity index (χ0) is 11.2. The summed E-state index contributed by atoms with van der Waals surface area (Å²) in [6.07, 6.45) is 8.09. The number of hydrogen-bond acceptors (Lipinski definition) is 4. The fourth-order valence-electron chi connectivity index (χ4n) is 3.41. The molecule has 90 valence electrons. The molecule has 3 nitrogen and oxygen atoms in total. The highest BCUT2D eigenvalue weighted by Crippen LogP contribution is 2.41. The van der Waals surface area contributed by atoms with Crippen molar-refractivity contribution in [2.75, 3.05) is 17.2 Å². The number of fused-ring (bicyclic) bond motifs is 3. The van der Waals surface area contributed by atoms with E-state index in [1.165, 1.54) is 55.1 Å². The van der Waals surface area contributed by atoms with E-state index in [9.17, 15) is 0 Å². The number of thioether (sulfide) groups is 1. The predicted octanol–water partition coefficient (Wildman–Crippen LogP) is 2.05. The molecule has 4 rings (SSSR count). The SMILES string of the molecule is c1nc2c(c(N3C[C@H]4C[C@H]3CS4)n1)CCCC2. The van der Waals surface area contributed by atoms with Crippen molar-refractivity contribution < 1.29 is 0 Å². The molecule has 0 N–H and O–H groups in total. The fraction of sp³-hybridized carbons (Fsp3) is 0.692. The maximum atomic E-state index is 4.60. The third kappa shape index (κ3) is 1.57. The van der Waals surface area contributed by atoms with Crippen molar-refractivity contribution in [2.45, 2.75) is 43.4 Å². The lowest BCUT2D eigenvalue weighted by molar-refractivity contribution is 0.651. The zero-order valence-electron chi connectivity index (χ0n) is 9.93. The Bertz CT molecular complexity index is 448. The summed E-state index contributed by atoms with van der Waals surface area (Å²) in [5, 5.41) is 0.856. The highest BCUT2D eigenvalue weighted by atomic mass is 32.2. The van der Waals surface area contributed by atoms with E-state index in [1.54, 1.807) is 6.33 Å². The maximum absolute atomic E-state index is 4.60. The van der Waals surface area contributed by atoms with Crippen molar-refractivity contribution in [3.8, 4) is 0 Å². The van der Waals surface area contributed by atoms with Crippen molar-refractivity contribution in [1.82, 2.24) is 9.97 Å². The molecule has 0 saturated carbocycles. The van der Waals surface area contributed by atoms with Crippen LogP contribution in [0.3, 0.4) is 0 Å². The quantitative estimate of drug-likeness (QED) is 0.759. The number of anilines is 1. The van der Waals surface area contributed by atoms with E-state index in [0.717, 1.165) is 17.7 Å². The summed E-state index contributed by atoms with van der Waals surface area (Å²) in [7, 11) is 0. The van der Waals surface area contributed by atoms with E-state index in [4.69, 9.17) is 0 Å².